The standard InChI is InChI=1S/C29H30N4O4/c34-28(35)22-9-10-26-24(18-22)25(20-33(26)19-21-6-2-1-3-7-21)27(29(36)37)32-16-14-31(15-17-32)13-11-23-8-4-5-12-30-23/h1-10,12,18,20,27H,11,13-17,19H2,(H,34,35)(H,36,37)/t27-/m1/s1. The second kappa shape index (κ2) is 10.9. The first kappa shape index (κ1) is 24.7. The van der Waals surface area contributed by atoms with Crippen LogP contribution in [-0.2, 0) is 17.8 Å². The molecular formula is C29H30N4O4. The molecule has 8 nitrogen and oxygen atoms in total. The van der Waals surface area contributed by atoms with Gasteiger partial charge in [-0.05, 0) is 35.9 Å². The number of carbonyl (C=O) groups is 2. The summed E-state index contributed by atoms with van der Waals surface area (Å²) >= 11 is 0. The van der Waals surface area contributed by atoms with Crippen LogP contribution in [0, 0.1) is 0 Å². The van der Waals surface area contributed by atoms with Crippen molar-refractivity contribution in [2.45, 2.75) is 19.0 Å². The molecule has 0 saturated carbocycles. The van der Waals surface area contributed by atoms with Gasteiger partial charge < -0.3 is 19.7 Å². The highest BCUT2D eigenvalue weighted by atomic mass is 16.4. The minimum absolute atomic E-state index is 0.148. The van der Waals surface area contributed by atoms with Gasteiger partial charge in [0.2, 0.25) is 0 Å². The SMILES string of the molecule is O=C(O)c1ccc2c(c1)c([C@H](C(=O)O)N1CCN(CCc3ccccn3)CC1)cn2Cc1ccccc1. The topological polar surface area (TPSA) is 98.9 Å². The molecule has 5 rings (SSSR count). The van der Waals surface area contributed by atoms with Gasteiger partial charge in [0.15, 0.2) is 0 Å². The summed E-state index contributed by atoms with van der Waals surface area (Å²) in [5.74, 6) is -1.96. The van der Waals surface area contributed by atoms with Crippen molar-refractivity contribution < 1.29 is 19.8 Å². The first-order chi connectivity index (χ1) is 18.0. The van der Waals surface area contributed by atoms with Crippen LogP contribution in [0.2, 0.25) is 0 Å². The van der Waals surface area contributed by atoms with E-state index in [9.17, 15) is 19.8 Å². The molecule has 1 fully saturated rings. The molecule has 2 aromatic heterocycles. The van der Waals surface area contributed by atoms with E-state index in [-0.39, 0.29) is 5.56 Å². The van der Waals surface area contributed by atoms with E-state index in [4.69, 9.17) is 0 Å². The monoisotopic (exact) mass is 498 g/mol. The maximum Gasteiger partial charge on any atom is 0.335 e. The van der Waals surface area contributed by atoms with Crippen LogP contribution in [-0.4, -0.2) is 74.2 Å². The molecule has 2 aromatic carbocycles. The highest BCUT2D eigenvalue weighted by Gasteiger charge is 2.33. The first-order valence-electron chi connectivity index (χ1n) is 12.5. The Morgan fingerprint density at radius 3 is 2.35 bits per heavy atom. The molecule has 0 bridgehead atoms. The van der Waals surface area contributed by atoms with Crippen LogP contribution in [0.1, 0.15) is 33.2 Å². The highest BCUT2D eigenvalue weighted by Crippen LogP contribution is 2.32. The fourth-order valence-corrected chi connectivity index (χ4v) is 5.14. The summed E-state index contributed by atoms with van der Waals surface area (Å²) in [6, 6.07) is 20.0. The third-order valence-electron chi connectivity index (χ3n) is 7.07. The molecule has 0 unspecified atom stereocenters. The Morgan fingerprint density at radius 2 is 1.68 bits per heavy atom. The molecule has 3 heterocycles. The van der Waals surface area contributed by atoms with Crippen molar-refractivity contribution in [3.05, 3.63) is 102 Å². The number of carboxylic acids is 2. The molecule has 0 spiro atoms. The smallest absolute Gasteiger partial charge is 0.335 e. The van der Waals surface area contributed by atoms with Crippen molar-refractivity contribution >= 4 is 22.8 Å². The van der Waals surface area contributed by atoms with Crippen molar-refractivity contribution in [3.8, 4) is 0 Å². The zero-order chi connectivity index (χ0) is 25.8. The van der Waals surface area contributed by atoms with Crippen molar-refractivity contribution in [1.29, 1.82) is 0 Å². The van der Waals surface area contributed by atoms with Crippen LogP contribution >= 0.6 is 0 Å². The van der Waals surface area contributed by atoms with Crippen molar-refractivity contribution in [3.63, 3.8) is 0 Å². The number of hydrogen-bond acceptors (Lipinski definition) is 5. The maximum absolute atomic E-state index is 12.6. The molecule has 190 valence electrons. The predicted octanol–water partition coefficient (Wildman–Crippen LogP) is 3.77. The van der Waals surface area contributed by atoms with Gasteiger partial charge in [0.25, 0.3) is 0 Å². The van der Waals surface area contributed by atoms with Gasteiger partial charge >= 0.3 is 11.9 Å². The Bertz CT molecular complexity index is 1380. The summed E-state index contributed by atoms with van der Waals surface area (Å²) in [7, 11) is 0. The summed E-state index contributed by atoms with van der Waals surface area (Å²) in [5, 5.41) is 20.6. The summed E-state index contributed by atoms with van der Waals surface area (Å²) < 4.78 is 2.02. The van der Waals surface area contributed by atoms with Crippen LogP contribution in [0.15, 0.2) is 79.1 Å². The molecule has 1 atom stereocenters. The van der Waals surface area contributed by atoms with Gasteiger partial charge in [0.1, 0.15) is 6.04 Å². The predicted molar refractivity (Wildman–Crippen MR) is 141 cm³/mol. The normalized spacial score (nSPS) is 15.6. The lowest BCUT2D eigenvalue weighted by molar-refractivity contribution is -0.144. The molecule has 4 aromatic rings. The zero-order valence-corrected chi connectivity index (χ0v) is 20.5. The Hall–Kier alpha value is -4.01. The van der Waals surface area contributed by atoms with E-state index < -0.39 is 18.0 Å². The van der Waals surface area contributed by atoms with E-state index in [1.54, 1.807) is 24.4 Å². The number of rotatable bonds is 9. The van der Waals surface area contributed by atoms with Gasteiger partial charge in [-0.15, -0.1) is 0 Å². The quantitative estimate of drug-likeness (QED) is 0.362. The third-order valence-corrected chi connectivity index (χ3v) is 7.07. The average molecular weight is 499 g/mol. The molecule has 0 aliphatic carbocycles. The molecule has 0 amide bonds. The van der Waals surface area contributed by atoms with Crippen LogP contribution in [0.5, 0.6) is 0 Å². The molecule has 37 heavy (non-hydrogen) atoms. The number of piperazine rings is 1. The van der Waals surface area contributed by atoms with E-state index in [1.165, 1.54) is 0 Å². The number of aliphatic carboxylic acids is 1. The van der Waals surface area contributed by atoms with Crippen LogP contribution in [0.3, 0.4) is 0 Å². The lowest BCUT2D eigenvalue weighted by atomic mass is 10.0. The number of hydrogen-bond donors (Lipinski definition) is 2. The second-order valence-electron chi connectivity index (χ2n) is 9.42. The van der Waals surface area contributed by atoms with Gasteiger partial charge in [-0.3, -0.25) is 14.7 Å². The Labute approximate surface area is 215 Å². The lowest BCUT2D eigenvalue weighted by Crippen LogP contribution is -2.49. The largest absolute Gasteiger partial charge is 0.480 e. The molecule has 1 aliphatic heterocycles. The van der Waals surface area contributed by atoms with Gasteiger partial charge in [-0.1, -0.05) is 36.4 Å². The average Bonchev–Trinajstić information content (AvgIpc) is 3.26. The molecule has 2 N–H and O–H groups in total. The molecule has 1 saturated heterocycles. The number of fused-ring (bicyclic) bond motifs is 1. The zero-order valence-electron chi connectivity index (χ0n) is 20.5. The number of aromatic nitrogens is 2. The van der Waals surface area contributed by atoms with Gasteiger partial charge in [-0.25, -0.2) is 4.79 Å². The minimum Gasteiger partial charge on any atom is -0.480 e. The summed E-state index contributed by atoms with van der Waals surface area (Å²) in [5.41, 5.74) is 3.73. The van der Waals surface area contributed by atoms with Gasteiger partial charge in [0, 0.05) is 80.2 Å². The van der Waals surface area contributed by atoms with E-state index in [0.717, 1.165) is 42.8 Å². The molecule has 1 aliphatic rings. The Morgan fingerprint density at radius 1 is 0.919 bits per heavy atom. The van der Waals surface area contributed by atoms with Crippen LogP contribution in [0.4, 0.5) is 0 Å². The molecule has 0 radical (unpaired) electrons. The Balaban J connectivity index is 1.40. The number of aromatic carboxylic acids is 1. The maximum atomic E-state index is 12.6. The van der Waals surface area contributed by atoms with Crippen molar-refractivity contribution in [1.82, 2.24) is 19.4 Å². The number of carboxylic acid groups (broad SMARTS) is 2. The minimum atomic E-state index is -1.03. The van der Waals surface area contributed by atoms with E-state index in [0.29, 0.717) is 30.6 Å². The van der Waals surface area contributed by atoms with Gasteiger partial charge in [0.05, 0.1) is 5.56 Å². The first-order valence-corrected chi connectivity index (χ1v) is 12.5. The fraction of sp³-hybridized carbons (Fsp3) is 0.276. The Kier molecular flexibility index (Phi) is 7.30. The number of pyridine rings is 1. The highest BCUT2D eigenvalue weighted by molar-refractivity contribution is 5.96. The van der Waals surface area contributed by atoms with Crippen molar-refractivity contribution in [2.75, 3.05) is 32.7 Å². The summed E-state index contributed by atoms with van der Waals surface area (Å²) in [6.07, 6.45) is 4.54. The van der Waals surface area contributed by atoms with Crippen LogP contribution in [0.25, 0.3) is 10.9 Å². The molecular weight excluding hydrogens is 468 g/mol. The molecule has 8 heteroatoms. The number of benzene rings is 2. The lowest BCUT2D eigenvalue weighted by Gasteiger charge is -2.37. The van der Waals surface area contributed by atoms with Crippen molar-refractivity contribution in [2.24, 2.45) is 0 Å². The van der Waals surface area contributed by atoms with Gasteiger partial charge in [-0.2, -0.15) is 0 Å². The second-order valence-corrected chi connectivity index (χ2v) is 9.42. The number of nitrogens with zero attached hydrogens (tertiary/aromatic N) is 4. The summed E-state index contributed by atoms with van der Waals surface area (Å²) in [4.78, 5) is 33.1. The fourth-order valence-electron chi connectivity index (χ4n) is 5.14. The third kappa shape index (κ3) is 5.55. The van der Waals surface area contributed by atoms with E-state index >= 15 is 0 Å². The van der Waals surface area contributed by atoms with E-state index in [1.807, 2.05) is 64.2 Å². The van der Waals surface area contributed by atoms with Crippen LogP contribution < -0.4 is 0 Å². The van der Waals surface area contributed by atoms with E-state index in [2.05, 4.69) is 9.88 Å². The summed E-state index contributed by atoms with van der Waals surface area (Å²) in [6.45, 7) is 4.20.